The first kappa shape index (κ1) is 13.1. The highest BCUT2D eigenvalue weighted by Gasteiger charge is 2.10. The van der Waals surface area contributed by atoms with Gasteiger partial charge in [0.2, 0.25) is 0 Å². The number of carbonyl (C=O) groups is 1. The molecule has 0 unspecified atom stereocenters. The lowest BCUT2D eigenvalue weighted by molar-refractivity contribution is 0.0697. The van der Waals surface area contributed by atoms with E-state index in [0.717, 1.165) is 0 Å². The van der Waals surface area contributed by atoms with Crippen molar-refractivity contribution < 1.29 is 9.90 Å². The molecule has 2 N–H and O–H groups in total. The number of fused-ring (bicyclic) bond motifs is 1. The number of aryl methyl sites for hydroxylation is 3. The van der Waals surface area contributed by atoms with Crippen LogP contribution in [0.25, 0.3) is 11.0 Å². The maximum atomic E-state index is 12.0. The fraction of sp³-hybridized carbons (Fsp3) is 0.231. The molecule has 0 aliphatic heterocycles. The highest BCUT2D eigenvalue weighted by atomic mass is 16.4. The van der Waals surface area contributed by atoms with E-state index in [0.29, 0.717) is 29.8 Å². The van der Waals surface area contributed by atoms with E-state index >= 15 is 0 Å². The van der Waals surface area contributed by atoms with Crippen LogP contribution in [0.5, 0.6) is 0 Å². The fourth-order valence-electron chi connectivity index (χ4n) is 2.23. The van der Waals surface area contributed by atoms with Gasteiger partial charge in [0.05, 0.1) is 16.6 Å². The Kier molecular flexibility index (Phi) is 3.05. The van der Waals surface area contributed by atoms with Gasteiger partial charge in [0.15, 0.2) is 5.82 Å². The molecule has 0 radical (unpaired) electrons. The van der Waals surface area contributed by atoms with Crippen LogP contribution in [0.2, 0.25) is 0 Å². The minimum atomic E-state index is -1.02. The number of imidazole rings is 1. The van der Waals surface area contributed by atoms with Gasteiger partial charge in [0.25, 0.3) is 0 Å². The summed E-state index contributed by atoms with van der Waals surface area (Å²) in [5.41, 5.74) is 1.04. The highest BCUT2D eigenvalue weighted by molar-refractivity contribution is 5.92. The summed E-state index contributed by atoms with van der Waals surface area (Å²) in [5.74, 6) is -0.371. The molecule has 0 saturated heterocycles. The van der Waals surface area contributed by atoms with Crippen molar-refractivity contribution in [1.82, 2.24) is 24.3 Å². The van der Waals surface area contributed by atoms with Crippen LogP contribution in [-0.4, -0.2) is 35.4 Å². The number of nitrogens with zero attached hydrogens (tertiary/aromatic N) is 4. The minimum absolute atomic E-state index is 0.141. The Bertz CT molecular complexity index is 873. The van der Waals surface area contributed by atoms with E-state index in [9.17, 15) is 9.59 Å². The van der Waals surface area contributed by atoms with E-state index in [1.54, 1.807) is 28.7 Å². The van der Waals surface area contributed by atoms with Crippen LogP contribution in [0.3, 0.4) is 0 Å². The lowest BCUT2D eigenvalue weighted by Crippen LogP contribution is -2.18. The predicted octanol–water partition coefficient (Wildman–Crippen LogP) is 0.399. The molecular weight excluding hydrogens is 274 g/mol. The van der Waals surface area contributed by atoms with Gasteiger partial charge in [0.1, 0.15) is 6.33 Å². The van der Waals surface area contributed by atoms with E-state index < -0.39 is 5.97 Å². The topological polar surface area (TPSA) is 106 Å². The van der Waals surface area contributed by atoms with Gasteiger partial charge >= 0.3 is 11.7 Å². The molecule has 0 amide bonds. The van der Waals surface area contributed by atoms with E-state index in [-0.39, 0.29) is 11.3 Å². The number of carboxylic acids is 1. The number of rotatable bonds is 4. The Morgan fingerprint density at radius 1 is 1.43 bits per heavy atom. The second-order valence-electron chi connectivity index (χ2n) is 4.70. The van der Waals surface area contributed by atoms with Crippen LogP contribution in [0.1, 0.15) is 16.2 Å². The molecule has 21 heavy (non-hydrogen) atoms. The van der Waals surface area contributed by atoms with E-state index in [1.165, 1.54) is 12.1 Å². The molecule has 1 aromatic carbocycles. The maximum absolute atomic E-state index is 12.0. The van der Waals surface area contributed by atoms with Gasteiger partial charge < -0.3 is 10.1 Å². The number of aromatic nitrogens is 5. The summed E-state index contributed by atoms with van der Waals surface area (Å²) >= 11 is 0. The average Bonchev–Trinajstić information content (AvgIpc) is 2.98. The third-order valence-electron chi connectivity index (χ3n) is 3.23. The first-order valence-corrected chi connectivity index (χ1v) is 6.35. The van der Waals surface area contributed by atoms with Crippen LogP contribution in [0, 0.1) is 0 Å². The molecule has 0 aliphatic carbocycles. The zero-order chi connectivity index (χ0) is 15.0. The fourth-order valence-corrected chi connectivity index (χ4v) is 2.23. The zero-order valence-corrected chi connectivity index (χ0v) is 11.3. The average molecular weight is 287 g/mol. The van der Waals surface area contributed by atoms with Crippen molar-refractivity contribution in [3.63, 3.8) is 0 Å². The van der Waals surface area contributed by atoms with E-state index in [4.69, 9.17) is 5.11 Å². The second-order valence-corrected chi connectivity index (χ2v) is 4.70. The Morgan fingerprint density at radius 3 is 2.90 bits per heavy atom. The molecule has 3 rings (SSSR count). The molecule has 3 aromatic rings. The summed E-state index contributed by atoms with van der Waals surface area (Å²) in [7, 11) is 1.78. The molecule has 0 saturated carbocycles. The zero-order valence-electron chi connectivity index (χ0n) is 11.3. The Balaban J connectivity index is 1.93. The molecule has 0 aliphatic rings. The third-order valence-corrected chi connectivity index (χ3v) is 3.23. The first-order valence-electron chi connectivity index (χ1n) is 6.35. The first-order chi connectivity index (χ1) is 10.0. The lowest BCUT2D eigenvalue weighted by Gasteiger charge is -2.01. The smallest absolute Gasteiger partial charge is 0.335 e. The Hall–Kier alpha value is -2.90. The van der Waals surface area contributed by atoms with Gasteiger partial charge in [-0.15, -0.1) is 0 Å². The summed E-state index contributed by atoms with van der Waals surface area (Å²) < 4.78 is 3.16. The number of H-pyrrole nitrogens is 1. The van der Waals surface area contributed by atoms with Crippen molar-refractivity contribution in [2.24, 2.45) is 7.05 Å². The quantitative estimate of drug-likeness (QED) is 0.722. The van der Waals surface area contributed by atoms with Crippen molar-refractivity contribution in [2.45, 2.75) is 13.0 Å². The second kappa shape index (κ2) is 4.89. The SMILES string of the molecule is Cn1cnc(CCn2c(=O)[nH]c3cc(C(=O)O)ccc32)n1. The number of nitrogens with one attached hydrogen (secondary N) is 1. The van der Waals surface area contributed by atoms with Gasteiger partial charge in [-0.1, -0.05) is 0 Å². The van der Waals surface area contributed by atoms with Gasteiger partial charge in [-0.3, -0.25) is 9.25 Å². The molecule has 0 bridgehead atoms. The number of aromatic carboxylic acids is 1. The monoisotopic (exact) mass is 287 g/mol. The van der Waals surface area contributed by atoms with Gasteiger partial charge in [-0.25, -0.2) is 14.6 Å². The molecule has 0 atom stereocenters. The number of carboxylic acid groups (broad SMARTS) is 1. The highest BCUT2D eigenvalue weighted by Crippen LogP contribution is 2.13. The molecular formula is C13H13N5O3. The number of aromatic amines is 1. The lowest BCUT2D eigenvalue weighted by atomic mass is 10.2. The standard InChI is InChI=1S/C13H13N5O3/c1-17-7-14-11(16-17)4-5-18-10-3-2-8(12(19)20)6-9(10)15-13(18)21/h2-3,6-7H,4-5H2,1H3,(H,15,21)(H,19,20). The molecule has 2 heterocycles. The number of hydrogen-bond acceptors (Lipinski definition) is 4. The maximum Gasteiger partial charge on any atom is 0.335 e. The van der Waals surface area contributed by atoms with Crippen LogP contribution in [-0.2, 0) is 20.0 Å². The number of benzene rings is 1. The van der Waals surface area contributed by atoms with Crippen molar-refractivity contribution in [3.05, 3.63) is 46.4 Å². The summed E-state index contributed by atoms with van der Waals surface area (Å²) in [5, 5.41) is 13.1. The normalized spacial score (nSPS) is 11.1. The number of hydrogen-bond donors (Lipinski definition) is 2. The largest absolute Gasteiger partial charge is 0.478 e. The summed E-state index contributed by atoms with van der Waals surface area (Å²) in [6.07, 6.45) is 2.13. The molecule has 8 heteroatoms. The Morgan fingerprint density at radius 2 is 2.24 bits per heavy atom. The molecule has 2 aromatic heterocycles. The predicted molar refractivity (Wildman–Crippen MR) is 74.2 cm³/mol. The van der Waals surface area contributed by atoms with Gasteiger partial charge in [-0.05, 0) is 18.2 Å². The van der Waals surface area contributed by atoms with Crippen molar-refractivity contribution in [1.29, 1.82) is 0 Å². The van der Waals surface area contributed by atoms with Crippen molar-refractivity contribution >= 4 is 17.0 Å². The molecule has 108 valence electrons. The molecule has 0 spiro atoms. The van der Waals surface area contributed by atoms with Crippen LogP contribution < -0.4 is 5.69 Å². The summed E-state index contributed by atoms with van der Waals surface area (Å²) in [4.78, 5) is 29.7. The summed E-state index contributed by atoms with van der Waals surface area (Å²) in [6.45, 7) is 0.426. The molecule has 8 nitrogen and oxygen atoms in total. The van der Waals surface area contributed by atoms with E-state index in [1.807, 2.05) is 0 Å². The van der Waals surface area contributed by atoms with Crippen molar-refractivity contribution in [3.8, 4) is 0 Å². The Labute approximate surface area is 118 Å². The minimum Gasteiger partial charge on any atom is -0.478 e. The van der Waals surface area contributed by atoms with Gasteiger partial charge in [0, 0.05) is 20.0 Å². The van der Waals surface area contributed by atoms with E-state index in [2.05, 4.69) is 15.1 Å². The third kappa shape index (κ3) is 2.42. The molecule has 0 fully saturated rings. The van der Waals surface area contributed by atoms with Crippen LogP contribution >= 0.6 is 0 Å². The van der Waals surface area contributed by atoms with Crippen LogP contribution in [0.15, 0.2) is 29.3 Å². The van der Waals surface area contributed by atoms with Crippen molar-refractivity contribution in [2.75, 3.05) is 0 Å². The van der Waals surface area contributed by atoms with Crippen LogP contribution in [0.4, 0.5) is 0 Å². The van der Waals surface area contributed by atoms with Gasteiger partial charge in [-0.2, -0.15) is 5.10 Å². The summed E-state index contributed by atoms with van der Waals surface area (Å²) in [6, 6.07) is 4.56.